The quantitative estimate of drug-likeness (QED) is 0.563. The van der Waals surface area contributed by atoms with E-state index in [1.807, 2.05) is 6.92 Å². The van der Waals surface area contributed by atoms with Crippen LogP contribution in [0, 0.1) is 28.1 Å². The van der Waals surface area contributed by atoms with Gasteiger partial charge in [0.15, 0.2) is 0 Å². The summed E-state index contributed by atoms with van der Waals surface area (Å²) in [6.07, 6.45) is 5.41. The summed E-state index contributed by atoms with van der Waals surface area (Å²) in [6, 6.07) is 0.416. The van der Waals surface area contributed by atoms with Gasteiger partial charge in [-0.25, -0.2) is 0 Å². The van der Waals surface area contributed by atoms with Gasteiger partial charge in [-0.15, -0.1) is 0 Å². The number of carbonyl (C=O) groups is 1. The predicted octanol–water partition coefficient (Wildman–Crippen LogP) is 2.38. The molecule has 0 aromatic heterocycles. The average molecular weight is 376 g/mol. The first kappa shape index (κ1) is 18.1. The summed E-state index contributed by atoms with van der Waals surface area (Å²) in [6.45, 7) is 7.41. The van der Waals surface area contributed by atoms with Crippen LogP contribution >= 0.6 is 0 Å². The van der Waals surface area contributed by atoms with Crippen molar-refractivity contribution in [1.29, 1.82) is 0 Å². The van der Waals surface area contributed by atoms with E-state index in [0.717, 1.165) is 25.9 Å². The number of carbonyl (C=O) groups excluding carboxylic acids is 1. The van der Waals surface area contributed by atoms with Gasteiger partial charge in [-0.3, -0.25) is 4.79 Å². The van der Waals surface area contributed by atoms with Gasteiger partial charge in [-0.2, -0.15) is 0 Å². The molecule has 0 spiro atoms. The number of aliphatic hydroxyl groups excluding tert-OH is 1. The summed E-state index contributed by atoms with van der Waals surface area (Å²) in [5.74, 6) is 0.261. The van der Waals surface area contributed by atoms with Crippen molar-refractivity contribution in [2.45, 2.75) is 70.8 Å². The smallest absolute Gasteiger partial charge is 0.315 e. The van der Waals surface area contributed by atoms with Crippen LogP contribution in [0.4, 0.5) is 0 Å². The number of likely N-dealkylation sites (N-methyl/N-ethyl adjacent to an activating group) is 1. The fourth-order valence-electron chi connectivity index (χ4n) is 7.78. The Hall–Kier alpha value is -0.910. The minimum atomic E-state index is -0.775. The third kappa shape index (κ3) is 1.99. The SMILES string of the molecule is CN(C)C1COC2C3=C[C@H]4OC(=O)[C@@]5(C)[C@@H](O)CC[C@](C)(C3CCC21C)[C@@H]45. The van der Waals surface area contributed by atoms with E-state index < -0.39 is 11.5 Å². The van der Waals surface area contributed by atoms with E-state index in [1.165, 1.54) is 5.57 Å². The normalized spacial score (nSPS) is 56.3. The summed E-state index contributed by atoms with van der Waals surface area (Å²) in [5, 5.41) is 10.7. The zero-order chi connectivity index (χ0) is 19.4. The van der Waals surface area contributed by atoms with E-state index in [0.29, 0.717) is 18.4 Å². The van der Waals surface area contributed by atoms with Crippen molar-refractivity contribution in [2.75, 3.05) is 20.7 Å². The Morgan fingerprint density at radius 3 is 2.56 bits per heavy atom. The first-order valence-corrected chi connectivity index (χ1v) is 10.5. The summed E-state index contributed by atoms with van der Waals surface area (Å²) in [4.78, 5) is 15.1. The maximum absolute atomic E-state index is 12.8. The first-order valence-electron chi connectivity index (χ1n) is 10.5. The number of nitrogens with zero attached hydrogens (tertiary/aromatic N) is 1. The predicted molar refractivity (Wildman–Crippen MR) is 101 cm³/mol. The molecule has 0 radical (unpaired) electrons. The van der Waals surface area contributed by atoms with Crippen molar-refractivity contribution in [3.63, 3.8) is 0 Å². The lowest BCUT2D eigenvalue weighted by Crippen LogP contribution is -2.60. The zero-order valence-electron chi connectivity index (χ0n) is 17.2. The summed E-state index contributed by atoms with van der Waals surface area (Å²) >= 11 is 0. The number of hydrogen-bond acceptors (Lipinski definition) is 5. The van der Waals surface area contributed by atoms with Crippen LogP contribution in [0.15, 0.2) is 11.6 Å². The van der Waals surface area contributed by atoms with Crippen LogP contribution in [-0.2, 0) is 14.3 Å². The van der Waals surface area contributed by atoms with Crippen LogP contribution in [0.2, 0.25) is 0 Å². The highest BCUT2D eigenvalue weighted by Crippen LogP contribution is 2.67. The number of fused-ring (bicyclic) bond motifs is 4. The Labute approximate surface area is 162 Å². The van der Waals surface area contributed by atoms with Gasteiger partial charge < -0.3 is 19.5 Å². The number of rotatable bonds is 1. The Morgan fingerprint density at radius 2 is 1.85 bits per heavy atom. The second kappa shape index (κ2) is 5.37. The molecule has 2 heterocycles. The van der Waals surface area contributed by atoms with Gasteiger partial charge in [0.2, 0.25) is 0 Å². The zero-order valence-corrected chi connectivity index (χ0v) is 17.2. The Balaban J connectivity index is 1.60. The van der Waals surface area contributed by atoms with Gasteiger partial charge in [0.05, 0.1) is 24.2 Å². The number of ether oxygens (including phenoxy) is 2. The topological polar surface area (TPSA) is 59.0 Å². The molecule has 5 nitrogen and oxygen atoms in total. The minimum absolute atomic E-state index is 0.0181. The molecule has 4 unspecified atom stereocenters. The highest BCUT2D eigenvalue weighted by molar-refractivity contribution is 5.81. The number of aliphatic hydroxyl groups is 1. The van der Waals surface area contributed by atoms with Crippen LogP contribution < -0.4 is 0 Å². The molecular formula is C22H33NO4. The van der Waals surface area contributed by atoms with E-state index in [4.69, 9.17) is 9.47 Å². The third-order valence-electron chi connectivity index (χ3n) is 9.25. The Bertz CT molecular complexity index is 719. The van der Waals surface area contributed by atoms with Gasteiger partial charge in [-0.05, 0) is 69.7 Å². The van der Waals surface area contributed by atoms with Crippen LogP contribution in [0.5, 0.6) is 0 Å². The molecule has 2 aliphatic heterocycles. The molecule has 2 saturated heterocycles. The molecule has 4 fully saturated rings. The summed E-state index contributed by atoms with van der Waals surface area (Å²) < 4.78 is 12.3. The van der Waals surface area contributed by atoms with Crippen molar-refractivity contribution >= 4 is 5.97 Å². The van der Waals surface area contributed by atoms with Gasteiger partial charge in [-0.1, -0.05) is 13.8 Å². The molecule has 0 aromatic rings. The van der Waals surface area contributed by atoms with Gasteiger partial charge in [0, 0.05) is 17.4 Å². The van der Waals surface area contributed by atoms with E-state index in [-0.39, 0.29) is 34.9 Å². The summed E-state index contributed by atoms with van der Waals surface area (Å²) in [5.41, 5.74) is 0.680. The molecule has 0 bridgehead atoms. The molecular weight excluding hydrogens is 342 g/mol. The molecule has 9 atom stereocenters. The second-order valence-electron chi connectivity index (χ2n) is 10.6. The van der Waals surface area contributed by atoms with Crippen LogP contribution in [-0.4, -0.2) is 61.0 Å². The minimum Gasteiger partial charge on any atom is -0.457 e. The van der Waals surface area contributed by atoms with E-state index in [9.17, 15) is 9.90 Å². The standard InChI is InChI=1S/C22H33NO4/c1-20-9-7-16(24)22(3)17(20)14(27-19(22)25)10-12-13(20)6-8-21(2)15(23(4)5)11-26-18(12)21/h10,13-18,24H,6-9,11H2,1-5H3/t13?,14-,15?,16+,17-,18?,20-,21?,22+/m1/s1. The van der Waals surface area contributed by atoms with E-state index in [1.54, 1.807) is 0 Å². The molecule has 5 rings (SSSR count). The lowest BCUT2D eigenvalue weighted by Gasteiger charge is -2.59. The fraction of sp³-hybridized carbons (Fsp3) is 0.864. The maximum Gasteiger partial charge on any atom is 0.315 e. The lowest BCUT2D eigenvalue weighted by atomic mass is 9.44. The van der Waals surface area contributed by atoms with Crippen molar-refractivity contribution in [3.05, 3.63) is 11.6 Å². The van der Waals surface area contributed by atoms with E-state index >= 15 is 0 Å². The number of hydrogen-bond donors (Lipinski definition) is 1. The molecule has 0 amide bonds. The van der Waals surface area contributed by atoms with Crippen molar-refractivity contribution in [1.82, 2.24) is 4.90 Å². The monoisotopic (exact) mass is 375 g/mol. The molecule has 3 aliphatic carbocycles. The summed E-state index contributed by atoms with van der Waals surface area (Å²) in [7, 11) is 4.29. The first-order chi connectivity index (χ1) is 12.6. The molecule has 5 aliphatic rings. The van der Waals surface area contributed by atoms with E-state index in [2.05, 4.69) is 38.9 Å². The van der Waals surface area contributed by atoms with Gasteiger partial charge in [0.25, 0.3) is 0 Å². The highest BCUT2D eigenvalue weighted by atomic mass is 16.6. The largest absolute Gasteiger partial charge is 0.457 e. The maximum atomic E-state index is 12.8. The fourth-order valence-corrected chi connectivity index (χ4v) is 7.78. The van der Waals surface area contributed by atoms with Crippen molar-refractivity contribution < 1.29 is 19.4 Å². The van der Waals surface area contributed by atoms with Gasteiger partial charge >= 0.3 is 5.97 Å². The van der Waals surface area contributed by atoms with Crippen molar-refractivity contribution in [2.24, 2.45) is 28.1 Å². The second-order valence-corrected chi connectivity index (χ2v) is 10.6. The highest BCUT2D eigenvalue weighted by Gasteiger charge is 2.70. The Kier molecular flexibility index (Phi) is 3.61. The molecule has 150 valence electrons. The number of esters is 1. The Morgan fingerprint density at radius 1 is 1.15 bits per heavy atom. The molecule has 27 heavy (non-hydrogen) atoms. The average Bonchev–Trinajstić information content (AvgIpc) is 3.08. The van der Waals surface area contributed by atoms with Crippen LogP contribution in [0.3, 0.4) is 0 Å². The van der Waals surface area contributed by atoms with Gasteiger partial charge in [0.1, 0.15) is 6.10 Å². The lowest BCUT2D eigenvalue weighted by molar-refractivity contribution is -0.159. The van der Waals surface area contributed by atoms with Crippen LogP contribution in [0.25, 0.3) is 0 Å². The molecule has 1 N–H and O–H groups in total. The molecule has 0 aromatic carbocycles. The van der Waals surface area contributed by atoms with Crippen molar-refractivity contribution in [3.8, 4) is 0 Å². The van der Waals surface area contributed by atoms with Crippen LogP contribution in [0.1, 0.15) is 46.5 Å². The molecule has 2 saturated carbocycles. The molecule has 5 heteroatoms. The third-order valence-corrected chi connectivity index (χ3v) is 9.25.